The van der Waals surface area contributed by atoms with Gasteiger partial charge < -0.3 is 15.2 Å². The molecule has 0 unspecified atom stereocenters. The maximum absolute atomic E-state index is 6.19. The lowest BCUT2D eigenvalue weighted by molar-refractivity contribution is 0.172. The minimum Gasteiger partial charge on any atom is -0.486 e. The first-order valence-electron chi connectivity index (χ1n) is 5.47. The van der Waals surface area contributed by atoms with E-state index in [0.29, 0.717) is 34.7 Å². The van der Waals surface area contributed by atoms with Crippen LogP contribution in [0.3, 0.4) is 0 Å². The first kappa shape index (κ1) is 11.6. The zero-order chi connectivity index (χ0) is 12.7. The number of halogens is 1. The van der Waals surface area contributed by atoms with Gasteiger partial charge >= 0.3 is 0 Å². The molecule has 1 aromatic carbocycles. The van der Waals surface area contributed by atoms with Crippen LogP contribution in [0.25, 0.3) is 11.3 Å². The summed E-state index contributed by atoms with van der Waals surface area (Å²) in [5, 5.41) is 2.13. The van der Waals surface area contributed by atoms with Gasteiger partial charge in [0.05, 0.1) is 10.0 Å². The molecule has 94 valence electrons. The van der Waals surface area contributed by atoms with Crippen molar-refractivity contribution in [3.05, 3.63) is 22.2 Å². The summed E-state index contributed by atoms with van der Waals surface area (Å²) >= 11 is 7.65. The number of nitrogens with zero attached hydrogens (tertiary/aromatic N) is 1. The average molecular weight is 283 g/mol. The van der Waals surface area contributed by atoms with Crippen LogP contribution in [-0.4, -0.2) is 18.2 Å². The van der Waals surface area contributed by atoms with E-state index in [4.69, 9.17) is 26.8 Å². The highest BCUT2D eigenvalue weighted by Gasteiger charge is 2.19. The van der Waals surface area contributed by atoms with Crippen LogP contribution in [0.5, 0.6) is 11.5 Å². The zero-order valence-corrected chi connectivity index (χ0v) is 11.3. The minimum atomic E-state index is 0.518. The number of fused-ring (bicyclic) bond motifs is 1. The van der Waals surface area contributed by atoms with Crippen LogP contribution >= 0.6 is 22.9 Å². The Bertz CT molecular complexity index is 612. The van der Waals surface area contributed by atoms with Crippen molar-refractivity contribution in [1.29, 1.82) is 0 Å². The number of hydrogen-bond donors (Lipinski definition) is 1. The van der Waals surface area contributed by atoms with Crippen molar-refractivity contribution in [2.75, 3.05) is 18.9 Å². The van der Waals surface area contributed by atoms with Gasteiger partial charge in [-0.1, -0.05) is 11.6 Å². The summed E-state index contributed by atoms with van der Waals surface area (Å²) in [5.74, 6) is 1.24. The molecule has 0 bridgehead atoms. The van der Waals surface area contributed by atoms with Crippen LogP contribution in [0.15, 0.2) is 12.1 Å². The summed E-state index contributed by atoms with van der Waals surface area (Å²) in [6, 6.07) is 3.67. The molecule has 0 radical (unpaired) electrons. The van der Waals surface area contributed by atoms with Gasteiger partial charge in [0, 0.05) is 5.56 Å². The lowest BCUT2D eigenvalue weighted by Crippen LogP contribution is -2.15. The number of benzene rings is 1. The Morgan fingerprint density at radius 1 is 1.33 bits per heavy atom. The summed E-state index contributed by atoms with van der Waals surface area (Å²) in [5.41, 5.74) is 7.54. The SMILES string of the molecule is Cc1nc(-c2cc(Cl)c3c(c2)OCCO3)c(N)s1. The molecule has 0 spiro atoms. The molecule has 0 saturated carbocycles. The van der Waals surface area contributed by atoms with Crippen LogP contribution in [-0.2, 0) is 0 Å². The lowest BCUT2D eigenvalue weighted by Gasteiger charge is -2.20. The Balaban J connectivity index is 2.13. The molecule has 0 aliphatic carbocycles. The number of anilines is 1. The number of hydrogen-bond acceptors (Lipinski definition) is 5. The molecule has 2 aromatic rings. The Labute approximate surface area is 113 Å². The fraction of sp³-hybridized carbons (Fsp3) is 0.250. The summed E-state index contributed by atoms with van der Waals surface area (Å²) in [6.45, 7) is 2.96. The molecule has 3 rings (SSSR count). The molecule has 18 heavy (non-hydrogen) atoms. The number of aryl methyl sites for hydroxylation is 1. The van der Waals surface area contributed by atoms with Gasteiger partial charge in [-0.05, 0) is 19.1 Å². The van der Waals surface area contributed by atoms with Crippen molar-refractivity contribution in [2.24, 2.45) is 0 Å². The predicted molar refractivity (Wildman–Crippen MR) is 72.7 cm³/mol. The summed E-state index contributed by atoms with van der Waals surface area (Å²) in [6.07, 6.45) is 0. The van der Waals surface area contributed by atoms with E-state index in [2.05, 4.69) is 4.98 Å². The zero-order valence-electron chi connectivity index (χ0n) is 9.70. The van der Waals surface area contributed by atoms with Crippen LogP contribution in [0.4, 0.5) is 5.00 Å². The van der Waals surface area contributed by atoms with E-state index >= 15 is 0 Å². The van der Waals surface area contributed by atoms with Gasteiger partial charge in [0.1, 0.15) is 23.9 Å². The molecule has 1 aliphatic rings. The molecular formula is C12H11ClN2O2S. The smallest absolute Gasteiger partial charge is 0.179 e. The monoisotopic (exact) mass is 282 g/mol. The van der Waals surface area contributed by atoms with Gasteiger partial charge in [-0.15, -0.1) is 11.3 Å². The van der Waals surface area contributed by atoms with Crippen molar-refractivity contribution in [2.45, 2.75) is 6.92 Å². The first-order chi connectivity index (χ1) is 8.65. The van der Waals surface area contributed by atoms with Gasteiger partial charge in [0.2, 0.25) is 0 Å². The fourth-order valence-electron chi connectivity index (χ4n) is 1.90. The molecule has 2 N–H and O–H groups in total. The van der Waals surface area contributed by atoms with E-state index in [1.165, 1.54) is 11.3 Å². The van der Waals surface area contributed by atoms with E-state index in [9.17, 15) is 0 Å². The number of nitrogen functional groups attached to an aromatic ring is 1. The molecule has 4 nitrogen and oxygen atoms in total. The number of ether oxygens (including phenoxy) is 2. The second kappa shape index (κ2) is 4.33. The number of thiazole rings is 1. The molecule has 1 aromatic heterocycles. The highest BCUT2D eigenvalue weighted by molar-refractivity contribution is 7.16. The van der Waals surface area contributed by atoms with E-state index in [-0.39, 0.29) is 0 Å². The minimum absolute atomic E-state index is 0.518. The van der Waals surface area contributed by atoms with Crippen molar-refractivity contribution in [3.63, 3.8) is 0 Å². The Morgan fingerprint density at radius 3 is 2.83 bits per heavy atom. The fourth-order valence-corrected chi connectivity index (χ4v) is 2.88. The average Bonchev–Trinajstić information content (AvgIpc) is 2.68. The number of aromatic nitrogens is 1. The first-order valence-corrected chi connectivity index (χ1v) is 6.67. The highest BCUT2D eigenvalue weighted by atomic mass is 35.5. The highest BCUT2D eigenvalue weighted by Crippen LogP contribution is 2.42. The van der Waals surface area contributed by atoms with Crippen molar-refractivity contribution >= 4 is 27.9 Å². The van der Waals surface area contributed by atoms with Crippen LogP contribution in [0, 0.1) is 6.92 Å². The van der Waals surface area contributed by atoms with Crippen molar-refractivity contribution in [3.8, 4) is 22.8 Å². The maximum Gasteiger partial charge on any atom is 0.179 e. The Kier molecular flexibility index (Phi) is 2.80. The second-order valence-electron chi connectivity index (χ2n) is 3.93. The van der Waals surface area contributed by atoms with Gasteiger partial charge in [-0.2, -0.15) is 0 Å². The van der Waals surface area contributed by atoms with Crippen molar-refractivity contribution < 1.29 is 9.47 Å². The van der Waals surface area contributed by atoms with E-state index in [1.807, 2.05) is 13.0 Å². The molecule has 0 atom stereocenters. The van der Waals surface area contributed by atoms with Gasteiger partial charge in [0.15, 0.2) is 11.5 Å². The van der Waals surface area contributed by atoms with Crippen LogP contribution < -0.4 is 15.2 Å². The van der Waals surface area contributed by atoms with Crippen LogP contribution in [0.1, 0.15) is 5.01 Å². The normalized spacial score (nSPS) is 13.7. The maximum atomic E-state index is 6.19. The Morgan fingerprint density at radius 2 is 2.11 bits per heavy atom. The third-order valence-corrected chi connectivity index (χ3v) is 3.71. The molecule has 0 fully saturated rings. The Hall–Kier alpha value is -1.46. The molecule has 0 saturated heterocycles. The molecule has 6 heteroatoms. The lowest BCUT2D eigenvalue weighted by atomic mass is 10.1. The topological polar surface area (TPSA) is 57.4 Å². The molecular weight excluding hydrogens is 272 g/mol. The molecule has 1 aliphatic heterocycles. The third kappa shape index (κ3) is 1.89. The van der Waals surface area contributed by atoms with Gasteiger partial charge in [0.25, 0.3) is 0 Å². The predicted octanol–water partition coefficient (Wildman–Crippen LogP) is 3.13. The second-order valence-corrected chi connectivity index (χ2v) is 5.57. The summed E-state index contributed by atoms with van der Waals surface area (Å²) in [4.78, 5) is 4.41. The van der Waals surface area contributed by atoms with Gasteiger partial charge in [-0.25, -0.2) is 4.98 Å². The largest absolute Gasteiger partial charge is 0.486 e. The number of rotatable bonds is 1. The van der Waals surface area contributed by atoms with E-state index in [1.54, 1.807) is 6.07 Å². The molecule has 0 amide bonds. The quantitative estimate of drug-likeness (QED) is 0.873. The molecule has 2 heterocycles. The number of nitrogens with two attached hydrogens (primary N) is 1. The van der Waals surface area contributed by atoms with Crippen molar-refractivity contribution in [1.82, 2.24) is 4.98 Å². The summed E-state index contributed by atoms with van der Waals surface area (Å²) in [7, 11) is 0. The standard InChI is InChI=1S/C12H11ClN2O2S/c1-6-15-10(12(14)18-6)7-4-8(13)11-9(5-7)16-2-3-17-11/h4-5H,2-3,14H2,1H3. The third-order valence-electron chi connectivity index (χ3n) is 2.63. The van der Waals surface area contributed by atoms with E-state index < -0.39 is 0 Å². The summed E-state index contributed by atoms with van der Waals surface area (Å²) < 4.78 is 11.0. The van der Waals surface area contributed by atoms with Crippen LogP contribution in [0.2, 0.25) is 5.02 Å². The van der Waals surface area contributed by atoms with E-state index in [0.717, 1.165) is 16.3 Å². The van der Waals surface area contributed by atoms with Gasteiger partial charge in [-0.3, -0.25) is 0 Å².